The first kappa shape index (κ1) is 21.8. The van der Waals surface area contributed by atoms with Gasteiger partial charge in [0.2, 0.25) is 0 Å². The van der Waals surface area contributed by atoms with E-state index in [0.29, 0.717) is 50.6 Å². The fraction of sp³-hybridized carbons (Fsp3) is 0.708. The second-order valence-corrected chi connectivity index (χ2v) is 8.81. The van der Waals surface area contributed by atoms with Gasteiger partial charge in [0.25, 0.3) is 0 Å². The highest BCUT2D eigenvalue weighted by atomic mass is 16.5. The number of carbonyl (C=O) groups excluding carboxylic acids is 1. The number of hydrogen-bond acceptors (Lipinski definition) is 6. The SMILES string of the molecule is COCCOCCOCCN1CC[C@@]23CC(=O)CC[C@@H]2[C@@H]1Cc1ccc(OC)cc13. The molecule has 1 aliphatic heterocycles. The Labute approximate surface area is 179 Å². The summed E-state index contributed by atoms with van der Waals surface area (Å²) in [5.41, 5.74) is 2.76. The molecule has 0 amide bonds. The van der Waals surface area contributed by atoms with Crippen LogP contribution in [0.25, 0.3) is 0 Å². The summed E-state index contributed by atoms with van der Waals surface area (Å²) >= 11 is 0. The van der Waals surface area contributed by atoms with Crippen LogP contribution in [-0.2, 0) is 30.8 Å². The number of carbonyl (C=O) groups is 1. The first-order chi connectivity index (χ1) is 14.7. The third-order valence-electron chi connectivity index (χ3n) is 7.34. The lowest BCUT2D eigenvalue weighted by atomic mass is 9.52. The van der Waals surface area contributed by atoms with E-state index >= 15 is 0 Å². The first-order valence-corrected chi connectivity index (χ1v) is 11.3. The number of likely N-dealkylation sites (tertiary alicyclic amines) is 1. The third kappa shape index (κ3) is 4.28. The van der Waals surface area contributed by atoms with Crippen molar-refractivity contribution in [2.45, 2.75) is 43.6 Å². The van der Waals surface area contributed by atoms with Crippen molar-refractivity contribution in [1.29, 1.82) is 0 Å². The van der Waals surface area contributed by atoms with Gasteiger partial charge in [-0.25, -0.2) is 0 Å². The molecule has 1 aromatic carbocycles. The normalized spacial score (nSPS) is 28.1. The molecular weight excluding hydrogens is 382 g/mol. The lowest BCUT2D eigenvalue weighted by molar-refractivity contribution is -0.127. The molecule has 30 heavy (non-hydrogen) atoms. The predicted molar refractivity (Wildman–Crippen MR) is 114 cm³/mol. The zero-order valence-electron chi connectivity index (χ0n) is 18.4. The van der Waals surface area contributed by atoms with Crippen LogP contribution in [0.2, 0.25) is 0 Å². The summed E-state index contributed by atoms with van der Waals surface area (Å²) in [6.07, 6.45) is 4.52. The van der Waals surface area contributed by atoms with Gasteiger partial charge in [-0.2, -0.15) is 0 Å². The molecule has 3 aliphatic rings. The Kier molecular flexibility index (Phi) is 7.08. The van der Waals surface area contributed by atoms with Gasteiger partial charge in [-0.1, -0.05) is 6.07 Å². The van der Waals surface area contributed by atoms with Crippen molar-refractivity contribution >= 4 is 5.78 Å². The third-order valence-corrected chi connectivity index (χ3v) is 7.34. The smallest absolute Gasteiger partial charge is 0.133 e. The molecule has 6 heteroatoms. The molecule has 4 rings (SSSR count). The van der Waals surface area contributed by atoms with Gasteiger partial charge in [0.05, 0.1) is 40.1 Å². The van der Waals surface area contributed by atoms with Gasteiger partial charge in [-0.3, -0.25) is 9.69 Å². The average molecular weight is 418 g/mol. The van der Waals surface area contributed by atoms with Crippen LogP contribution in [0.5, 0.6) is 5.75 Å². The molecule has 1 heterocycles. The molecule has 3 atom stereocenters. The summed E-state index contributed by atoms with van der Waals surface area (Å²) < 4.78 is 21.8. The molecule has 166 valence electrons. The van der Waals surface area contributed by atoms with E-state index in [1.807, 2.05) is 0 Å². The minimum atomic E-state index is -0.00529. The van der Waals surface area contributed by atoms with Gasteiger partial charge >= 0.3 is 0 Å². The number of ether oxygens (including phenoxy) is 4. The monoisotopic (exact) mass is 417 g/mol. The number of piperidine rings is 1. The lowest BCUT2D eigenvalue weighted by Gasteiger charge is -2.58. The zero-order chi connectivity index (χ0) is 21.0. The van der Waals surface area contributed by atoms with Crippen LogP contribution in [0, 0.1) is 5.92 Å². The van der Waals surface area contributed by atoms with Crippen LogP contribution in [0.1, 0.15) is 36.8 Å². The molecule has 2 bridgehead atoms. The Morgan fingerprint density at radius 3 is 2.70 bits per heavy atom. The number of fused-ring (bicyclic) bond motifs is 1. The number of hydrogen-bond donors (Lipinski definition) is 0. The highest BCUT2D eigenvalue weighted by Crippen LogP contribution is 2.55. The fourth-order valence-electron chi connectivity index (χ4n) is 5.94. The predicted octanol–water partition coefficient (Wildman–Crippen LogP) is 2.61. The van der Waals surface area contributed by atoms with Crippen LogP contribution in [0.15, 0.2) is 18.2 Å². The van der Waals surface area contributed by atoms with Crippen molar-refractivity contribution in [2.24, 2.45) is 5.92 Å². The summed E-state index contributed by atoms with van der Waals surface area (Å²) in [5, 5.41) is 0. The van der Waals surface area contributed by atoms with Crippen LogP contribution < -0.4 is 4.74 Å². The largest absolute Gasteiger partial charge is 0.497 e. The number of ketones is 1. The molecule has 0 spiro atoms. The number of methoxy groups -OCH3 is 2. The van der Waals surface area contributed by atoms with Gasteiger partial charge in [-0.15, -0.1) is 0 Å². The number of benzene rings is 1. The van der Waals surface area contributed by atoms with Crippen molar-refractivity contribution in [2.75, 3.05) is 60.3 Å². The van der Waals surface area contributed by atoms with Gasteiger partial charge in [0, 0.05) is 38.0 Å². The number of Topliss-reactive ketones (excluding diaryl/α,β-unsaturated/α-hetero) is 1. The molecule has 1 saturated carbocycles. The van der Waals surface area contributed by atoms with E-state index in [0.717, 1.165) is 51.1 Å². The Balaban J connectivity index is 1.41. The molecule has 0 unspecified atom stereocenters. The molecule has 2 aliphatic carbocycles. The summed E-state index contributed by atoms with van der Waals surface area (Å²) in [7, 11) is 3.40. The van der Waals surface area contributed by atoms with Crippen LogP contribution in [-0.4, -0.2) is 77.1 Å². The zero-order valence-corrected chi connectivity index (χ0v) is 18.4. The molecular formula is C24H35NO5. The first-order valence-electron chi connectivity index (χ1n) is 11.3. The van der Waals surface area contributed by atoms with Crippen LogP contribution >= 0.6 is 0 Å². The summed E-state index contributed by atoms with van der Waals surface area (Å²) in [6.45, 7) is 5.14. The molecule has 6 nitrogen and oxygen atoms in total. The van der Waals surface area contributed by atoms with Gasteiger partial charge in [-0.05, 0) is 55.0 Å². The highest BCUT2D eigenvalue weighted by Gasteiger charge is 2.55. The fourth-order valence-corrected chi connectivity index (χ4v) is 5.94. The van der Waals surface area contributed by atoms with E-state index in [4.69, 9.17) is 18.9 Å². The van der Waals surface area contributed by atoms with Crippen LogP contribution in [0.4, 0.5) is 0 Å². The summed E-state index contributed by atoms with van der Waals surface area (Å²) in [5.74, 6) is 1.87. The average Bonchev–Trinajstić information content (AvgIpc) is 2.76. The highest BCUT2D eigenvalue weighted by molar-refractivity contribution is 5.81. The van der Waals surface area contributed by atoms with Crippen molar-refractivity contribution < 1.29 is 23.7 Å². The van der Waals surface area contributed by atoms with Gasteiger partial charge in [0.1, 0.15) is 11.5 Å². The maximum absolute atomic E-state index is 12.5. The number of nitrogens with zero attached hydrogens (tertiary/aromatic N) is 1. The standard InChI is InChI=1S/C24H35NO5/c1-27-11-12-30-14-13-29-10-9-25-8-7-24-17-19(26)4-6-21(24)23(25)15-18-3-5-20(28-2)16-22(18)24/h3,5,16,21,23H,4,6-15,17H2,1-2H3/t21-,23+,24-/m1/s1. The van der Waals surface area contributed by atoms with E-state index in [2.05, 4.69) is 23.1 Å². The second-order valence-electron chi connectivity index (χ2n) is 8.81. The molecule has 1 saturated heterocycles. The van der Waals surface area contributed by atoms with E-state index in [1.54, 1.807) is 14.2 Å². The van der Waals surface area contributed by atoms with Crippen molar-refractivity contribution in [3.8, 4) is 5.75 Å². The lowest BCUT2D eigenvalue weighted by Crippen LogP contribution is -2.62. The van der Waals surface area contributed by atoms with Crippen LogP contribution in [0.3, 0.4) is 0 Å². The maximum Gasteiger partial charge on any atom is 0.133 e. The van der Waals surface area contributed by atoms with Crippen molar-refractivity contribution in [1.82, 2.24) is 4.90 Å². The number of rotatable bonds is 10. The van der Waals surface area contributed by atoms with E-state index in [1.165, 1.54) is 11.1 Å². The van der Waals surface area contributed by atoms with Crippen molar-refractivity contribution in [3.05, 3.63) is 29.3 Å². The van der Waals surface area contributed by atoms with Gasteiger partial charge in [0.15, 0.2) is 0 Å². The van der Waals surface area contributed by atoms with E-state index in [9.17, 15) is 4.79 Å². The Bertz CT molecular complexity index is 738. The minimum Gasteiger partial charge on any atom is -0.497 e. The van der Waals surface area contributed by atoms with E-state index in [-0.39, 0.29) is 5.41 Å². The molecule has 0 radical (unpaired) electrons. The van der Waals surface area contributed by atoms with Gasteiger partial charge < -0.3 is 18.9 Å². The maximum atomic E-state index is 12.5. The Morgan fingerprint density at radius 2 is 1.90 bits per heavy atom. The van der Waals surface area contributed by atoms with E-state index < -0.39 is 0 Å². The quantitative estimate of drug-likeness (QED) is 0.546. The Morgan fingerprint density at radius 1 is 1.10 bits per heavy atom. The summed E-state index contributed by atoms with van der Waals surface area (Å²) in [6, 6.07) is 6.98. The summed E-state index contributed by atoms with van der Waals surface area (Å²) in [4.78, 5) is 15.1. The Hall–Kier alpha value is -1.47. The second kappa shape index (κ2) is 9.77. The molecule has 0 aromatic heterocycles. The molecule has 1 aromatic rings. The molecule has 2 fully saturated rings. The topological polar surface area (TPSA) is 57.2 Å². The minimum absolute atomic E-state index is 0.00529. The van der Waals surface area contributed by atoms with Crippen molar-refractivity contribution in [3.63, 3.8) is 0 Å². The molecule has 0 N–H and O–H groups in total.